The van der Waals surface area contributed by atoms with Crippen LogP contribution in [0.25, 0.3) is 0 Å². The van der Waals surface area contributed by atoms with Gasteiger partial charge in [0.05, 0.1) is 20.3 Å². The summed E-state index contributed by atoms with van der Waals surface area (Å²) in [4.78, 5) is 46.6. The fourth-order valence-corrected chi connectivity index (χ4v) is 4.14. The summed E-state index contributed by atoms with van der Waals surface area (Å²) < 4.78 is 10.3. The van der Waals surface area contributed by atoms with E-state index in [4.69, 9.17) is 9.47 Å². The lowest BCUT2D eigenvalue weighted by molar-refractivity contribution is -0.130. The number of benzene rings is 1. The number of rotatable bonds is 8. The zero-order chi connectivity index (χ0) is 23.8. The van der Waals surface area contributed by atoms with Crippen molar-refractivity contribution < 1.29 is 23.9 Å². The van der Waals surface area contributed by atoms with E-state index in [0.29, 0.717) is 61.5 Å². The normalized spacial score (nSPS) is 13.5. The Kier molecular flexibility index (Phi) is 8.61. The van der Waals surface area contributed by atoms with Gasteiger partial charge in [-0.25, -0.2) is 9.78 Å². The molecule has 3 rings (SSSR count). The van der Waals surface area contributed by atoms with Gasteiger partial charge in [0.1, 0.15) is 16.5 Å². The largest absolute Gasteiger partial charge is 0.497 e. The standard InChI is InChI=1S/C22H29N5O5S/c1-16(28)25-8-10-26(11-9-25)21(29)19-15-33-20(24-19)14-27(12-13-31-2)22(30)23-17-4-6-18(32-3)7-5-17/h4-7,15H,8-14H2,1-3H3,(H,23,30). The number of carbonyl (C=O) groups is 3. The zero-order valence-corrected chi connectivity index (χ0v) is 19.9. The summed E-state index contributed by atoms with van der Waals surface area (Å²) in [5, 5.41) is 5.23. The van der Waals surface area contributed by atoms with Crippen molar-refractivity contribution in [2.24, 2.45) is 0 Å². The van der Waals surface area contributed by atoms with Gasteiger partial charge in [0.15, 0.2) is 0 Å². The van der Waals surface area contributed by atoms with Crippen LogP contribution in [0.4, 0.5) is 10.5 Å². The second kappa shape index (κ2) is 11.6. The second-order valence-electron chi connectivity index (χ2n) is 7.50. The van der Waals surface area contributed by atoms with Crippen molar-refractivity contribution in [1.29, 1.82) is 0 Å². The number of aromatic nitrogens is 1. The minimum atomic E-state index is -0.291. The molecule has 1 fully saturated rings. The van der Waals surface area contributed by atoms with E-state index in [9.17, 15) is 14.4 Å². The third-order valence-electron chi connectivity index (χ3n) is 5.30. The van der Waals surface area contributed by atoms with Crippen LogP contribution in [0.5, 0.6) is 5.75 Å². The van der Waals surface area contributed by atoms with Gasteiger partial charge in [-0.2, -0.15) is 0 Å². The molecule has 1 aliphatic rings. The van der Waals surface area contributed by atoms with Crippen LogP contribution in [0.15, 0.2) is 29.6 Å². The molecule has 11 heteroatoms. The van der Waals surface area contributed by atoms with Crippen LogP contribution in [-0.4, -0.2) is 91.1 Å². The summed E-state index contributed by atoms with van der Waals surface area (Å²) in [5.41, 5.74) is 0.997. The Labute approximate surface area is 197 Å². The maximum Gasteiger partial charge on any atom is 0.322 e. The maximum absolute atomic E-state index is 12.8. The summed E-state index contributed by atoms with van der Waals surface area (Å²) >= 11 is 1.34. The van der Waals surface area contributed by atoms with E-state index in [1.807, 2.05) is 0 Å². The maximum atomic E-state index is 12.8. The van der Waals surface area contributed by atoms with Gasteiger partial charge in [0.2, 0.25) is 5.91 Å². The number of hydrogen-bond donors (Lipinski definition) is 1. The van der Waals surface area contributed by atoms with Crippen molar-refractivity contribution in [3.63, 3.8) is 0 Å². The molecule has 10 nitrogen and oxygen atoms in total. The van der Waals surface area contributed by atoms with Crippen LogP contribution in [0, 0.1) is 0 Å². The Balaban J connectivity index is 1.61. The molecule has 33 heavy (non-hydrogen) atoms. The third-order valence-corrected chi connectivity index (χ3v) is 6.14. The van der Waals surface area contributed by atoms with Gasteiger partial charge in [-0.05, 0) is 24.3 Å². The molecule has 1 aliphatic heterocycles. The van der Waals surface area contributed by atoms with Crippen molar-refractivity contribution in [3.8, 4) is 5.75 Å². The van der Waals surface area contributed by atoms with Gasteiger partial charge in [-0.15, -0.1) is 11.3 Å². The van der Waals surface area contributed by atoms with E-state index in [1.165, 1.54) is 18.3 Å². The number of piperazine rings is 1. The van der Waals surface area contributed by atoms with Gasteiger partial charge in [-0.3, -0.25) is 9.59 Å². The fraction of sp³-hybridized carbons (Fsp3) is 0.455. The number of methoxy groups -OCH3 is 2. The Morgan fingerprint density at radius 1 is 1.09 bits per heavy atom. The summed E-state index contributed by atoms with van der Waals surface area (Å²) in [7, 11) is 3.16. The molecule has 0 unspecified atom stereocenters. The average molecular weight is 476 g/mol. The van der Waals surface area contributed by atoms with E-state index in [1.54, 1.807) is 58.6 Å². The molecule has 0 radical (unpaired) electrons. The molecular weight excluding hydrogens is 446 g/mol. The monoisotopic (exact) mass is 475 g/mol. The molecule has 1 aromatic carbocycles. The van der Waals surface area contributed by atoms with E-state index in [-0.39, 0.29) is 24.4 Å². The first-order chi connectivity index (χ1) is 15.9. The van der Waals surface area contributed by atoms with Gasteiger partial charge >= 0.3 is 6.03 Å². The quantitative estimate of drug-likeness (QED) is 0.627. The first-order valence-electron chi connectivity index (χ1n) is 10.6. The second-order valence-corrected chi connectivity index (χ2v) is 8.44. The number of urea groups is 1. The highest BCUT2D eigenvalue weighted by Crippen LogP contribution is 2.18. The highest BCUT2D eigenvalue weighted by molar-refractivity contribution is 7.09. The van der Waals surface area contributed by atoms with Gasteiger partial charge < -0.3 is 29.5 Å². The SMILES string of the molecule is COCCN(Cc1nc(C(=O)N2CCN(C(C)=O)CC2)cs1)C(=O)Nc1ccc(OC)cc1. The lowest BCUT2D eigenvalue weighted by atomic mass is 10.3. The minimum Gasteiger partial charge on any atom is -0.497 e. The smallest absolute Gasteiger partial charge is 0.322 e. The van der Waals surface area contributed by atoms with E-state index < -0.39 is 0 Å². The molecule has 2 heterocycles. The van der Waals surface area contributed by atoms with Gasteiger partial charge in [0.25, 0.3) is 5.91 Å². The molecule has 0 spiro atoms. The molecule has 1 aromatic heterocycles. The van der Waals surface area contributed by atoms with Crippen LogP contribution >= 0.6 is 11.3 Å². The average Bonchev–Trinajstić information content (AvgIpc) is 3.30. The van der Waals surface area contributed by atoms with E-state index >= 15 is 0 Å². The van der Waals surface area contributed by atoms with Crippen LogP contribution in [0.1, 0.15) is 22.4 Å². The Morgan fingerprint density at radius 2 is 1.76 bits per heavy atom. The van der Waals surface area contributed by atoms with Crippen molar-refractivity contribution >= 4 is 34.9 Å². The molecule has 0 bridgehead atoms. The Morgan fingerprint density at radius 3 is 2.36 bits per heavy atom. The van der Waals surface area contributed by atoms with Crippen LogP contribution in [-0.2, 0) is 16.1 Å². The first kappa shape index (κ1) is 24.5. The van der Waals surface area contributed by atoms with E-state index in [0.717, 1.165) is 0 Å². The number of ether oxygens (including phenoxy) is 2. The molecule has 0 aliphatic carbocycles. The predicted octanol–water partition coefficient (Wildman–Crippen LogP) is 2.14. The van der Waals surface area contributed by atoms with Gasteiger partial charge in [0, 0.05) is 57.8 Å². The topological polar surface area (TPSA) is 104 Å². The number of nitrogens with zero attached hydrogens (tertiary/aromatic N) is 4. The number of amides is 4. The third kappa shape index (κ3) is 6.65. The Hall–Kier alpha value is -3.18. The Bertz CT molecular complexity index is 956. The summed E-state index contributed by atoms with van der Waals surface area (Å²) in [6.07, 6.45) is 0. The number of nitrogens with one attached hydrogen (secondary N) is 1. The van der Waals surface area contributed by atoms with Crippen molar-refractivity contribution in [1.82, 2.24) is 19.7 Å². The summed E-state index contributed by atoms with van der Waals surface area (Å²) in [6.45, 7) is 4.53. The van der Waals surface area contributed by atoms with Crippen LogP contribution in [0.3, 0.4) is 0 Å². The summed E-state index contributed by atoms with van der Waals surface area (Å²) in [6, 6.07) is 6.77. The van der Waals surface area contributed by atoms with Crippen molar-refractivity contribution in [2.45, 2.75) is 13.5 Å². The highest BCUT2D eigenvalue weighted by atomic mass is 32.1. The molecule has 2 aromatic rings. The zero-order valence-electron chi connectivity index (χ0n) is 19.1. The number of thiazole rings is 1. The molecule has 1 N–H and O–H groups in total. The molecule has 1 saturated heterocycles. The number of carbonyl (C=O) groups excluding carboxylic acids is 3. The molecule has 0 atom stereocenters. The predicted molar refractivity (Wildman–Crippen MR) is 125 cm³/mol. The van der Waals surface area contributed by atoms with Crippen LogP contribution < -0.4 is 10.1 Å². The lowest BCUT2D eigenvalue weighted by Gasteiger charge is -2.33. The summed E-state index contributed by atoms with van der Waals surface area (Å²) in [5.74, 6) is 0.556. The molecule has 178 valence electrons. The van der Waals surface area contributed by atoms with Crippen LogP contribution in [0.2, 0.25) is 0 Å². The lowest BCUT2D eigenvalue weighted by Crippen LogP contribution is -2.50. The van der Waals surface area contributed by atoms with Gasteiger partial charge in [-0.1, -0.05) is 0 Å². The molecule has 4 amide bonds. The minimum absolute atomic E-state index is 0.0158. The molecular formula is C22H29N5O5S. The van der Waals surface area contributed by atoms with Crippen molar-refractivity contribution in [3.05, 3.63) is 40.3 Å². The molecule has 0 saturated carbocycles. The fourth-order valence-electron chi connectivity index (χ4n) is 3.36. The van der Waals surface area contributed by atoms with E-state index in [2.05, 4.69) is 10.3 Å². The van der Waals surface area contributed by atoms with Crippen molar-refractivity contribution in [2.75, 3.05) is 58.9 Å². The number of hydrogen-bond acceptors (Lipinski definition) is 7. The number of anilines is 1. The first-order valence-corrected chi connectivity index (χ1v) is 11.5. The highest BCUT2D eigenvalue weighted by Gasteiger charge is 2.25.